The summed E-state index contributed by atoms with van der Waals surface area (Å²) in [6.07, 6.45) is 1.62. The predicted molar refractivity (Wildman–Crippen MR) is 119 cm³/mol. The summed E-state index contributed by atoms with van der Waals surface area (Å²) in [4.78, 5) is 19.5. The molecule has 0 aliphatic carbocycles. The average Bonchev–Trinajstić information content (AvgIpc) is 2.96. The number of thioether (sulfide) groups is 1. The number of aliphatic imine (C=N–C) groups is 1. The first-order chi connectivity index (χ1) is 14.8. The van der Waals surface area contributed by atoms with E-state index in [-0.39, 0.29) is 16.6 Å². The minimum atomic E-state index is -0.165. The molecule has 0 spiro atoms. The van der Waals surface area contributed by atoms with Gasteiger partial charge in [0.25, 0.3) is 0 Å². The summed E-state index contributed by atoms with van der Waals surface area (Å²) in [6.45, 7) is 0.466. The number of fused-ring (bicyclic) bond motifs is 5. The van der Waals surface area contributed by atoms with Crippen LogP contribution in [0.5, 0.6) is 5.75 Å². The molecule has 3 heterocycles. The summed E-state index contributed by atoms with van der Waals surface area (Å²) in [5.41, 5.74) is 4.13. The molecular weight excluding hydrogens is 394 g/mol. The van der Waals surface area contributed by atoms with Crippen LogP contribution in [0.15, 0.2) is 98.2 Å². The predicted octanol–water partition coefficient (Wildman–Crippen LogP) is 5.77. The zero-order chi connectivity index (χ0) is 20.1. The molecule has 0 N–H and O–H groups in total. The molecule has 0 unspecified atom stereocenters. The Kier molecular flexibility index (Phi) is 4.03. The van der Waals surface area contributed by atoms with Crippen molar-refractivity contribution in [3.63, 3.8) is 0 Å². The van der Waals surface area contributed by atoms with E-state index in [1.165, 1.54) is 0 Å². The van der Waals surface area contributed by atoms with Gasteiger partial charge in [-0.1, -0.05) is 36.4 Å². The van der Waals surface area contributed by atoms with Gasteiger partial charge < -0.3 is 9.15 Å². The first-order valence-electron chi connectivity index (χ1n) is 9.86. The molecular formula is C25H17NO3S. The fourth-order valence-electron chi connectivity index (χ4n) is 4.20. The Bertz CT molecular complexity index is 1370. The Morgan fingerprint density at radius 1 is 0.933 bits per heavy atom. The molecule has 6 rings (SSSR count). The molecule has 3 aromatic carbocycles. The van der Waals surface area contributed by atoms with E-state index in [1.54, 1.807) is 18.0 Å². The second-order valence-corrected chi connectivity index (χ2v) is 8.62. The minimum absolute atomic E-state index is 0.00643. The van der Waals surface area contributed by atoms with E-state index in [0.717, 1.165) is 27.6 Å². The van der Waals surface area contributed by atoms with Crippen molar-refractivity contribution in [2.24, 2.45) is 10.9 Å². The Hall–Kier alpha value is -3.31. The summed E-state index contributed by atoms with van der Waals surface area (Å²) in [5, 5.41) is 0.436. The van der Waals surface area contributed by atoms with E-state index in [1.807, 2.05) is 66.7 Å². The molecule has 2 aliphatic heterocycles. The lowest BCUT2D eigenvalue weighted by atomic mass is 9.88. The Morgan fingerprint density at radius 2 is 1.73 bits per heavy atom. The first-order valence-corrected chi connectivity index (χ1v) is 10.7. The van der Waals surface area contributed by atoms with E-state index < -0.39 is 0 Å². The largest absolute Gasteiger partial charge is 0.492 e. The SMILES string of the molecule is O=c1c([C@@H]2Sc3ccccc3N=C3c4ccccc4OC[C@@H]32)coc2ccccc12. The molecule has 5 heteroatoms. The van der Waals surface area contributed by atoms with Crippen molar-refractivity contribution >= 4 is 34.1 Å². The van der Waals surface area contributed by atoms with Gasteiger partial charge in [-0.05, 0) is 36.4 Å². The van der Waals surface area contributed by atoms with Crippen LogP contribution < -0.4 is 10.2 Å². The van der Waals surface area contributed by atoms with Crippen molar-refractivity contribution in [2.45, 2.75) is 10.1 Å². The Morgan fingerprint density at radius 3 is 2.70 bits per heavy atom. The van der Waals surface area contributed by atoms with Crippen LogP contribution in [0.25, 0.3) is 11.0 Å². The Labute approximate surface area is 177 Å². The molecule has 2 aliphatic rings. The highest BCUT2D eigenvalue weighted by Gasteiger charge is 2.38. The summed E-state index contributed by atoms with van der Waals surface area (Å²) >= 11 is 1.66. The zero-order valence-corrected chi connectivity index (χ0v) is 16.8. The third kappa shape index (κ3) is 2.70. The topological polar surface area (TPSA) is 51.8 Å². The van der Waals surface area contributed by atoms with Gasteiger partial charge in [0.1, 0.15) is 11.3 Å². The molecule has 0 fully saturated rings. The van der Waals surface area contributed by atoms with E-state index in [9.17, 15) is 4.79 Å². The third-order valence-electron chi connectivity index (χ3n) is 5.67. The van der Waals surface area contributed by atoms with Gasteiger partial charge in [0.05, 0.1) is 40.8 Å². The van der Waals surface area contributed by atoms with Crippen molar-refractivity contribution in [2.75, 3.05) is 6.61 Å². The van der Waals surface area contributed by atoms with Crippen LogP contribution in [0.4, 0.5) is 5.69 Å². The molecule has 0 radical (unpaired) electrons. The van der Waals surface area contributed by atoms with Crippen molar-refractivity contribution in [3.05, 3.63) is 100 Å². The highest BCUT2D eigenvalue weighted by atomic mass is 32.2. The van der Waals surface area contributed by atoms with E-state index in [0.29, 0.717) is 23.1 Å². The highest BCUT2D eigenvalue weighted by molar-refractivity contribution is 7.99. The monoisotopic (exact) mass is 411 g/mol. The molecule has 2 atom stereocenters. The minimum Gasteiger partial charge on any atom is -0.492 e. The van der Waals surface area contributed by atoms with Crippen LogP contribution in [0.2, 0.25) is 0 Å². The van der Waals surface area contributed by atoms with Crippen molar-refractivity contribution in [1.82, 2.24) is 0 Å². The smallest absolute Gasteiger partial charge is 0.197 e. The van der Waals surface area contributed by atoms with Crippen LogP contribution >= 0.6 is 11.8 Å². The second kappa shape index (κ2) is 6.89. The maximum atomic E-state index is 13.4. The quantitative estimate of drug-likeness (QED) is 0.399. The van der Waals surface area contributed by atoms with E-state index in [2.05, 4.69) is 6.07 Å². The fraction of sp³-hybridized carbons (Fsp3) is 0.120. The van der Waals surface area contributed by atoms with Crippen molar-refractivity contribution in [3.8, 4) is 5.75 Å². The third-order valence-corrected chi connectivity index (χ3v) is 7.11. The van der Waals surface area contributed by atoms with Gasteiger partial charge in [-0.3, -0.25) is 9.79 Å². The molecule has 0 saturated heterocycles. The number of hydrogen-bond donors (Lipinski definition) is 0. The molecule has 0 bridgehead atoms. The zero-order valence-electron chi connectivity index (χ0n) is 15.9. The summed E-state index contributed by atoms with van der Waals surface area (Å²) in [7, 11) is 0. The van der Waals surface area contributed by atoms with Crippen molar-refractivity contribution in [1.29, 1.82) is 0 Å². The number of rotatable bonds is 1. The van der Waals surface area contributed by atoms with E-state index in [4.69, 9.17) is 14.1 Å². The average molecular weight is 411 g/mol. The van der Waals surface area contributed by atoms with Gasteiger partial charge in [0, 0.05) is 16.0 Å². The lowest BCUT2D eigenvalue weighted by molar-refractivity contribution is 0.271. The molecule has 4 nitrogen and oxygen atoms in total. The van der Waals surface area contributed by atoms with Gasteiger partial charge in [-0.25, -0.2) is 0 Å². The lowest BCUT2D eigenvalue weighted by Gasteiger charge is -2.31. The van der Waals surface area contributed by atoms with Crippen LogP contribution in [-0.4, -0.2) is 12.3 Å². The highest BCUT2D eigenvalue weighted by Crippen LogP contribution is 2.49. The maximum absolute atomic E-state index is 13.4. The van der Waals surface area contributed by atoms with Crippen LogP contribution in [0.1, 0.15) is 16.4 Å². The number of para-hydroxylation sites is 3. The van der Waals surface area contributed by atoms with Crippen LogP contribution in [0.3, 0.4) is 0 Å². The standard InChI is InChI=1S/C25H17NO3S/c27-24-16-8-2-5-11-21(16)29-14-18(24)25-17-13-28-20-10-4-1-7-15(20)23(17)26-19-9-3-6-12-22(19)30-25/h1-12,14,17,25H,13H2/t17-,25+/m0/s1. The second-order valence-electron chi connectivity index (χ2n) is 7.43. The normalized spacial score (nSPS) is 19.7. The molecule has 0 amide bonds. The first kappa shape index (κ1) is 17.5. The fourth-order valence-corrected chi connectivity index (χ4v) is 5.53. The number of benzene rings is 3. The molecule has 4 aromatic rings. The lowest BCUT2D eigenvalue weighted by Crippen LogP contribution is -2.33. The molecule has 146 valence electrons. The number of hydrogen-bond acceptors (Lipinski definition) is 5. The maximum Gasteiger partial charge on any atom is 0.197 e. The number of ether oxygens (including phenoxy) is 1. The Balaban J connectivity index is 1.59. The van der Waals surface area contributed by atoms with Gasteiger partial charge >= 0.3 is 0 Å². The van der Waals surface area contributed by atoms with Gasteiger partial charge in [-0.15, -0.1) is 11.8 Å². The molecule has 30 heavy (non-hydrogen) atoms. The van der Waals surface area contributed by atoms with Crippen LogP contribution in [0, 0.1) is 5.92 Å². The summed E-state index contributed by atoms with van der Waals surface area (Å²) < 4.78 is 12.0. The van der Waals surface area contributed by atoms with Gasteiger partial charge in [0.2, 0.25) is 0 Å². The summed E-state index contributed by atoms with van der Waals surface area (Å²) in [6, 6.07) is 23.4. The molecule has 1 aromatic heterocycles. The molecule has 0 saturated carbocycles. The van der Waals surface area contributed by atoms with Gasteiger partial charge in [0.15, 0.2) is 5.43 Å². The van der Waals surface area contributed by atoms with Crippen LogP contribution in [-0.2, 0) is 0 Å². The van der Waals surface area contributed by atoms with Gasteiger partial charge in [-0.2, -0.15) is 0 Å². The number of nitrogens with zero attached hydrogens (tertiary/aromatic N) is 1. The van der Waals surface area contributed by atoms with E-state index >= 15 is 0 Å². The summed E-state index contributed by atoms with van der Waals surface area (Å²) in [5.74, 6) is 0.766. The van der Waals surface area contributed by atoms with Crippen molar-refractivity contribution < 1.29 is 9.15 Å².